The van der Waals surface area contributed by atoms with E-state index < -0.39 is 16.0 Å². The standard InChI is InChI=1S/C13H15FN4O2S/c1-18(2)21(19,20)17-10-7-8-13(15-9-10)16-12-6-4-3-5-11(12)14/h3-9,17H,1-2H3,(H,15,16). The summed E-state index contributed by atoms with van der Waals surface area (Å²) in [5.74, 6) is 0.0181. The van der Waals surface area contributed by atoms with Crippen LogP contribution in [0.15, 0.2) is 42.6 Å². The molecule has 1 aromatic carbocycles. The van der Waals surface area contributed by atoms with Gasteiger partial charge in [-0.2, -0.15) is 12.7 Å². The Morgan fingerprint density at radius 2 is 1.86 bits per heavy atom. The van der Waals surface area contributed by atoms with Crippen molar-refractivity contribution in [3.8, 4) is 0 Å². The van der Waals surface area contributed by atoms with Crippen LogP contribution in [0.4, 0.5) is 21.6 Å². The third-order valence-electron chi connectivity index (χ3n) is 2.63. The lowest BCUT2D eigenvalue weighted by Gasteiger charge is -2.13. The molecule has 0 aliphatic carbocycles. The van der Waals surface area contributed by atoms with Crippen LogP contribution < -0.4 is 10.0 Å². The topological polar surface area (TPSA) is 74.3 Å². The van der Waals surface area contributed by atoms with Gasteiger partial charge in [0.2, 0.25) is 0 Å². The number of anilines is 3. The Morgan fingerprint density at radius 1 is 1.14 bits per heavy atom. The number of rotatable bonds is 5. The summed E-state index contributed by atoms with van der Waals surface area (Å²) in [4.78, 5) is 4.04. The minimum Gasteiger partial charge on any atom is -0.338 e. The van der Waals surface area contributed by atoms with Crippen LogP contribution in [0.2, 0.25) is 0 Å². The normalized spacial score (nSPS) is 11.4. The van der Waals surface area contributed by atoms with Crippen LogP contribution in [-0.4, -0.2) is 31.8 Å². The van der Waals surface area contributed by atoms with E-state index in [0.717, 1.165) is 4.31 Å². The van der Waals surface area contributed by atoms with Crippen molar-refractivity contribution in [1.82, 2.24) is 9.29 Å². The minimum absolute atomic E-state index is 0.298. The molecular formula is C13H15FN4O2S. The molecule has 0 bridgehead atoms. The summed E-state index contributed by atoms with van der Waals surface area (Å²) in [5, 5.41) is 2.81. The van der Waals surface area contributed by atoms with Gasteiger partial charge in [-0.25, -0.2) is 9.37 Å². The predicted molar refractivity (Wildman–Crippen MR) is 80.1 cm³/mol. The first-order valence-electron chi connectivity index (χ1n) is 6.06. The zero-order valence-electron chi connectivity index (χ0n) is 11.5. The molecule has 0 unspecified atom stereocenters. The Balaban J connectivity index is 2.11. The number of pyridine rings is 1. The summed E-state index contributed by atoms with van der Waals surface area (Å²) < 4.78 is 40.2. The molecule has 6 nitrogen and oxygen atoms in total. The zero-order valence-corrected chi connectivity index (χ0v) is 12.4. The third-order valence-corrected chi connectivity index (χ3v) is 4.08. The van der Waals surface area contributed by atoms with Gasteiger partial charge in [0.25, 0.3) is 0 Å². The number of halogens is 1. The number of aromatic nitrogens is 1. The first kappa shape index (κ1) is 15.2. The molecule has 21 heavy (non-hydrogen) atoms. The number of nitrogens with one attached hydrogen (secondary N) is 2. The van der Waals surface area contributed by atoms with Gasteiger partial charge in [-0.3, -0.25) is 4.72 Å². The van der Waals surface area contributed by atoms with Gasteiger partial charge in [-0.05, 0) is 24.3 Å². The number of para-hydroxylation sites is 1. The molecule has 0 atom stereocenters. The highest BCUT2D eigenvalue weighted by Crippen LogP contribution is 2.19. The van der Waals surface area contributed by atoms with E-state index in [1.54, 1.807) is 24.3 Å². The van der Waals surface area contributed by atoms with E-state index in [1.165, 1.54) is 32.4 Å². The largest absolute Gasteiger partial charge is 0.338 e. The van der Waals surface area contributed by atoms with E-state index >= 15 is 0 Å². The first-order chi connectivity index (χ1) is 9.88. The molecule has 1 aromatic heterocycles. The SMILES string of the molecule is CN(C)S(=O)(=O)Nc1ccc(Nc2ccccc2F)nc1. The van der Waals surface area contributed by atoms with Crippen LogP contribution in [0, 0.1) is 5.82 Å². The van der Waals surface area contributed by atoms with Crippen molar-refractivity contribution in [1.29, 1.82) is 0 Å². The van der Waals surface area contributed by atoms with Crippen LogP contribution in [-0.2, 0) is 10.2 Å². The molecule has 1 heterocycles. The summed E-state index contributed by atoms with van der Waals surface area (Å²) in [5.41, 5.74) is 0.620. The first-order valence-corrected chi connectivity index (χ1v) is 7.50. The number of nitrogens with zero attached hydrogens (tertiary/aromatic N) is 2. The van der Waals surface area contributed by atoms with Crippen LogP contribution in [0.5, 0.6) is 0 Å². The second kappa shape index (κ2) is 6.06. The Kier molecular flexibility index (Phi) is 4.39. The Morgan fingerprint density at radius 3 is 2.43 bits per heavy atom. The van der Waals surface area contributed by atoms with Crippen molar-refractivity contribution in [3.63, 3.8) is 0 Å². The van der Waals surface area contributed by atoms with Gasteiger partial charge in [0.1, 0.15) is 11.6 Å². The average molecular weight is 310 g/mol. The van der Waals surface area contributed by atoms with Crippen LogP contribution in [0.3, 0.4) is 0 Å². The van der Waals surface area contributed by atoms with E-state index in [2.05, 4.69) is 15.0 Å². The van der Waals surface area contributed by atoms with Crippen molar-refractivity contribution < 1.29 is 12.8 Å². The molecule has 0 spiro atoms. The van der Waals surface area contributed by atoms with Crippen molar-refractivity contribution >= 4 is 27.4 Å². The smallest absolute Gasteiger partial charge is 0.301 e. The van der Waals surface area contributed by atoms with Gasteiger partial charge in [0.05, 0.1) is 17.6 Å². The van der Waals surface area contributed by atoms with E-state index in [1.807, 2.05) is 0 Å². The van der Waals surface area contributed by atoms with Gasteiger partial charge in [0.15, 0.2) is 0 Å². The zero-order chi connectivity index (χ0) is 15.5. The number of hydrogen-bond donors (Lipinski definition) is 2. The molecule has 0 radical (unpaired) electrons. The van der Waals surface area contributed by atoms with Crippen molar-refractivity contribution in [2.45, 2.75) is 0 Å². The predicted octanol–water partition coefficient (Wildman–Crippen LogP) is 2.18. The fourth-order valence-electron chi connectivity index (χ4n) is 1.47. The second-order valence-electron chi connectivity index (χ2n) is 4.43. The third kappa shape index (κ3) is 3.89. The highest BCUT2D eigenvalue weighted by atomic mass is 32.2. The highest BCUT2D eigenvalue weighted by molar-refractivity contribution is 7.90. The maximum atomic E-state index is 13.5. The summed E-state index contributed by atoms with van der Waals surface area (Å²) in [7, 11) is -0.726. The maximum absolute atomic E-state index is 13.5. The van der Waals surface area contributed by atoms with E-state index in [0.29, 0.717) is 17.2 Å². The molecule has 8 heteroatoms. The lowest BCUT2D eigenvalue weighted by atomic mass is 10.3. The maximum Gasteiger partial charge on any atom is 0.301 e. The fourth-order valence-corrected chi connectivity index (χ4v) is 2.07. The van der Waals surface area contributed by atoms with Gasteiger partial charge in [0, 0.05) is 14.1 Å². The molecule has 0 fully saturated rings. The molecule has 0 amide bonds. The van der Waals surface area contributed by atoms with Crippen LogP contribution in [0.25, 0.3) is 0 Å². The summed E-state index contributed by atoms with van der Waals surface area (Å²) >= 11 is 0. The van der Waals surface area contributed by atoms with Crippen LogP contribution >= 0.6 is 0 Å². The van der Waals surface area contributed by atoms with Crippen molar-refractivity contribution in [2.24, 2.45) is 0 Å². The van der Waals surface area contributed by atoms with Crippen molar-refractivity contribution in [2.75, 3.05) is 24.1 Å². The van der Waals surface area contributed by atoms with E-state index in [-0.39, 0.29) is 0 Å². The van der Waals surface area contributed by atoms with Gasteiger partial charge < -0.3 is 5.32 Å². The van der Waals surface area contributed by atoms with Crippen molar-refractivity contribution in [3.05, 3.63) is 48.4 Å². The molecule has 112 valence electrons. The Labute approximate surface area is 122 Å². The van der Waals surface area contributed by atoms with Gasteiger partial charge >= 0.3 is 10.2 Å². The molecular weight excluding hydrogens is 295 g/mol. The highest BCUT2D eigenvalue weighted by Gasteiger charge is 2.13. The monoisotopic (exact) mass is 310 g/mol. The Bertz CT molecular complexity index is 717. The van der Waals surface area contributed by atoms with Crippen LogP contribution in [0.1, 0.15) is 0 Å². The average Bonchev–Trinajstić information content (AvgIpc) is 2.43. The minimum atomic E-state index is -3.57. The molecule has 2 N–H and O–H groups in total. The Hall–Kier alpha value is -2.19. The van der Waals surface area contributed by atoms with E-state index in [4.69, 9.17) is 0 Å². The lowest BCUT2D eigenvalue weighted by molar-refractivity contribution is 0.527. The molecule has 0 aliphatic rings. The number of benzene rings is 1. The summed E-state index contributed by atoms with van der Waals surface area (Å²) in [6, 6.07) is 9.30. The number of hydrogen-bond acceptors (Lipinski definition) is 4. The second-order valence-corrected chi connectivity index (χ2v) is 6.31. The quantitative estimate of drug-likeness (QED) is 0.887. The summed E-state index contributed by atoms with van der Waals surface area (Å²) in [6.45, 7) is 0. The molecule has 0 saturated carbocycles. The molecule has 2 aromatic rings. The van der Waals surface area contributed by atoms with Gasteiger partial charge in [-0.1, -0.05) is 12.1 Å². The fraction of sp³-hybridized carbons (Fsp3) is 0.154. The molecule has 2 rings (SSSR count). The summed E-state index contributed by atoms with van der Waals surface area (Å²) in [6.07, 6.45) is 1.35. The lowest BCUT2D eigenvalue weighted by Crippen LogP contribution is -2.28. The molecule has 0 saturated heterocycles. The van der Waals surface area contributed by atoms with E-state index in [9.17, 15) is 12.8 Å². The molecule has 0 aliphatic heterocycles. The van der Waals surface area contributed by atoms with Gasteiger partial charge in [-0.15, -0.1) is 0 Å².